The van der Waals surface area contributed by atoms with E-state index in [-0.39, 0.29) is 13.0 Å². The summed E-state index contributed by atoms with van der Waals surface area (Å²) in [6.07, 6.45) is -5.26. The normalized spacial score (nSPS) is 20.5. The standard InChI is InChI=1S/C15H16F3NO3/c16-15(17,18)6-7-19(9-10-4-2-1-3-5-10)13(20)11-8-12(11)14(21)22/h1-5,11-12H,6-9H2,(H,21,22). The number of nitrogens with zero attached hydrogens (tertiary/aromatic N) is 1. The highest BCUT2D eigenvalue weighted by Gasteiger charge is 2.50. The number of hydrogen-bond acceptors (Lipinski definition) is 2. The first-order chi connectivity index (χ1) is 10.3. The third kappa shape index (κ3) is 4.47. The summed E-state index contributed by atoms with van der Waals surface area (Å²) in [4.78, 5) is 24.2. The van der Waals surface area contributed by atoms with Gasteiger partial charge in [0.15, 0.2) is 0 Å². The molecule has 0 saturated heterocycles. The van der Waals surface area contributed by atoms with Crippen molar-refractivity contribution in [3.8, 4) is 0 Å². The number of carbonyl (C=O) groups is 2. The highest BCUT2D eigenvalue weighted by Crippen LogP contribution is 2.40. The summed E-state index contributed by atoms with van der Waals surface area (Å²) in [5, 5.41) is 8.85. The van der Waals surface area contributed by atoms with Crippen molar-refractivity contribution in [1.82, 2.24) is 4.90 Å². The molecule has 7 heteroatoms. The van der Waals surface area contributed by atoms with E-state index in [2.05, 4.69) is 0 Å². The third-order valence-electron chi connectivity index (χ3n) is 3.62. The van der Waals surface area contributed by atoms with Gasteiger partial charge in [0, 0.05) is 13.1 Å². The Hall–Kier alpha value is -2.05. The zero-order valence-corrected chi connectivity index (χ0v) is 11.7. The molecule has 0 bridgehead atoms. The van der Waals surface area contributed by atoms with Crippen LogP contribution in [0.15, 0.2) is 30.3 Å². The summed E-state index contributed by atoms with van der Waals surface area (Å²) in [7, 11) is 0. The number of halogens is 3. The molecule has 0 heterocycles. The van der Waals surface area contributed by atoms with Crippen molar-refractivity contribution < 1.29 is 27.9 Å². The molecule has 4 nitrogen and oxygen atoms in total. The Balaban J connectivity index is 2.04. The van der Waals surface area contributed by atoms with Gasteiger partial charge < -0.3 is 10.0 Å². The van der Waals surface area contributed by atoms with Gasteiger partial charge in [-0.15, -0.1) is 0 Å². The Bertz CT molecular complexity index is 545. The molecular formula is C15H16F3NO3. The molecule has 22 heavy (non-hydrogen) atoms. The van der Waals surface area contributed by atoms with E-state index in [1.807, 2.05) is 0 Å². The highest BCUT2D eigenvalue weighted by atomic mass is 19.4. The van der Waals surface area contributed by atoms with E-state index in [0.29, 0.717) is 5.56 Å². The van der Waals surface area contributed by atoms with Gasteiger partial charge in [0.2, 0.25) is 5.91 Å². The molecule has 120 valence electrons. The zero-order chi connectivity index (χ0) is 16.3. The quantitative estimate of drug-likeness (QED) is 0.878. The maximum Gasteiger partial charge on any atom is 0.390 e. The van der Waals surface area contributed by atoms with Gasteiger partial charge in [-0.1, -0.05) is 30.3 Å². The van der Waals surface area contributed by atoms with Crippen LogP contribution in [0, 0.1) is 11.8 Å². The van der Waals surface area contributed by atoms with E-state index in [9.17, 15) is 22.8 Å². The molecule has 1 amide bonds. The second kappa shape index (κ2) is 6.37. The predicted octanol–water partition coefficient (Wildman–Crippen LogP) is 2.69. The molecular weight excluding hydrogens is 299 g/mol. The van der Waals surface area contributed by atoms with Crippen LogP contribution >= 0.6 is 0 Å². The average molecular weight is 315 g/mol. The molecule has 1 aliphatic carbocycles. The number of aliphatic carboxylic acids is 1. The second-order valence-electron chi connectivity index (χ2n) is 5.40. The van der Waals surface area contributed by atoms with Gasteiger partial charge in [-0.25, -0.2) is 0 Å². The molecule has 2 atom stereocenters. The predicted molar refractivity (Wildman–Crippen MR) is 71.8 cm³/mol. The van der Waals surface area contributed by atoms with E-state index in [1.54, 1.807) is 30.3 Å². The maximum absolute atomic E-state index is 12.4. The molecule has 1 N–H and O–H groups in total. The minimum Gasteiger partial charge on any atom is -0.481 e. The fourth-order valence-electron chi connectivity index (χ4n) is 2.31. The maximum atomic E-state index is 12.4. The molecule has 0 aliphatic heterocycles. The fourth-order valence-corrected chi connectivity index (χ4v) is 2.31. The van der Waals surface area contributed by atoms with Crippen molar-refractivity contribution in [3.05, 3.63) is 35.9 Å². The smallest absolute Gasteiger partial charge is 0.390 e. The summed E-state index contributed by atoms with van der Waals surface area (Å²) in [5.74, 6) is -3.06. The van der Waals surface area contributed by atoms with Crippen molar-refractivity contribution in [1.29, 1.82) is 0 Å². The Morgan fingerprint density at radius 1 is 1.18 bits per heavy atom. The average Bonchev–Trinajstić information content (AvgIpc) is 3.23. The van der Waals surface area contributed by atoms with Crippen LogP contribution in [0.25, 0.3) is 0 Å². The minimum absolute atomic E-state index is 0.0542. The number of carboxylic acid groups (broad SMARTS) is 1. The number of carboxylic acids is 1. The molecule has 1 aliphatic rings. The van der Waals surface area contributed by atoms with E-state index < -0.39 is 42.9 Å². The van der Waals surface area contributed by atoms with Crippen LogP contribution in [-0.4, -0.2) is 34.6 Å². The largest absolute Gasteiger partial charge is 0.481 e. The topological polar surface area (TPSA) is 57.6 Å². The lowest BCUT2D eigenvalue weighted by atomic mass is 10.2. The van der Waals surface area contributed by atoms with Crippen molar-refractivity contribution in [2.24, 2.45) is 11.8 Å². The Morgan fingerprint density at radius 3 is 2.32 bits per heavy atom. The van der Waals surface area contributed by atoms with Gasteiger partial charge in [0.25, 0.3) is 0 Å². The Kier molecular flexibility index (Phi) is 4.73. The van der Waals surface area contributed by atoms with Crippen molar-refractivity contribution in [2.45, 2.75) is 25.6 Å². The van der Waals surface area contributed by atoms with Crippen LogP contribution in [0.2, 0.25) is 0 Å². The third-order valence-corrected chi connectivity index (χ3v) is 3.62. The highest BCUT2D eigenvalue weighted by molar-refractivity contribution is 5.89. The van der Waals surface area contributed by atoms with E-state index in [1.165, 1.54) is 0 Å². The lowest BCUT2D eigenvalue weighted by Gasteiger charge is -2.23. The molecule has 2 unspecified atom stereocenters. The first-order valence-corrected chi connectivity index (χ1v) is 6.90. The number of amides is 1. The van der Waals surface area contributed by atoms with Crippen LogP contribution in [0.4, 0.5) is 13.2 Å². The van der Waals surface area contributed by atoms with E-state index in [0.717, 1.165) is 4.90 Å². The molecule has 0 aromatic heterocycles. The lowest BCUT2D eigenvalue weighted by molar-refractivity contribution is -0.149. The minimum atomic E-state index is -4.36. The molecule has 0 radical (unpaired) electrons. The summed E-state index contributed by atoms with van der Waals surface area (Å²) >= 11 is 0. The van der Waals surface area contributed by atoms with E-state index >= 15 is 0 Å². The fraction of sp³-hybridized carbons (Fsp3) is 0.467. The van der Waals surface area contributed by atoms with Gasteiger partial charge in [0.1, 0.15) is 0 Å². The molecule has 2 rings (SSSR count). The molecule has 1 aromatic rings. The molecule has 0 spiro atoms. The number of benzene rings is 1. The van der Waals surface area contributed by atoms with Crippen LogP contribution in [0.1, 0.15) is 18.4 Å². The van der Waals surface area contributed by atoms with Crippen molar-refractivity contribution >= 4 is 11.9 Å². The molecule has 1 aromatic carbocycles. The SMILES string of the molecule is O=C(O)C1CC1C(=O)N(CCC(F)(F)F)Cc1ccccc1. The van der Waals surface area contributed by atoms with Gasteiger partial charge in [-0.05, 0) is 12.0 Å². The summed E-state index contributed by atoms with van der Waals surface area (Å²) in [6, 6.07) is 8.68. The first-order valence-electron chi connectivity index (χ1n) is 6.90. The molecule has 1 fully saturated rings. The van der Waals surface area contributed by atoms with Gasteiger partial charge >= 0.3 is 12.1 Å². The van der Waals surface area contributed by atoms with Gasteiger partial charge in [-0.2, -0.15) is 13.2 Å². The van der Waals surface area contributed by atoms with Crippen LogP contribution in [0.3, 0.4) is 0 Å². The lowest BCUT2D eigenvalue weighted by Crippen LogP contribution is -2.35. The number of rotatable bonds is 6. The van der Waals surface area contributed by atoms with E-state index in [4.69, 9.17) is 5.11 Å². The number of carbonyl (C=O) groups excluding carboxylic acids is 1. The Labute approximate surface area is 125 Å². The van der Waals surface area contributed by atoms with Crippen LogP contribution in [-0.2, 0) is 16.1 Å². The monoisotopic (exact) mass is 315 g/mol. The second-order valence-corrected chi connectivity index (χ2v) is 5.40. The van der Waals surface area contributed by atoms with Crippen LogP contribution < -0.4 is 0 Å². The summed E-state index contributed by atoms with van der Waals surface area (Å²) in [5.41, 5.74) is 0.713. The first kappa shape index (κ1) is 16.3. The summed E-state index contributed by atoms with van der Waals surface area (Å²) < 4.78 is 37.2. The Morgan fingerprint density at radius 2 is 1.82 bits per heavy atom. The van der Waals surface area contributed by atoms with Crippen molar-refractivity contribution in [2.75, 3.05) is 6.54 Å². The zero-order valence-electron chi connectivity index (χ0n) is 11.7. The van der Waals surface area contributed by atoms with Crippen LogP contribution in [0.5, 0.6) is 0 Å². The summed E-state index contributed by atoms with van der Waals surface area (Å²) in [6.45, 7) is -0.404. The number of alkyl halides is 3. The molecule has 1 saturated carbocycles. The van der Waals surface area contributed by atoms with Gasteiger partial charge in [-0.3, -0.25) is 9.59 Å². The van der Waals surface area contributed by atoms with Crippen molar-refractivity contribution in [3.63, 3.8) is 0 Å². The van der Waals surface area contributed by atoms with Gasteiger partial charge in [0.05, 0.1) is 18.3 Å². The number of hydrogen-bond donors (Lipinski definition) is 1.